The van der Waals surface area contributed by atoms with Crippen molar-refractivity contribution in [1.82, 2.24) is 0 Å². The first-order chi connectivity index (χ1) is 14.4. The van der Waals surface area contributed by atoms with Crippen molar-refractivity contribution in [3.8, 4) is 0 Å². The summed E-state index contributed by atoms with van der Waals surface area (Å²) in [6.07, 6.45) is 17.1. The van der Waals surface area contributed by atoms with Crippen LogP contribution in [0, 0.1) is 0 Å². The van der Waals surface area contributed by atoms with Crippen molar-refractivity contribution in [2.24, 2.45) is 0 Å². The molecule has 0 aromatic rings. The van der Waals surface area contributed by atoms with Crippen LogP contribution < -0.4 is 5.11 Å². The van der Waals surface area contributed by atoms with Crippen molar-refractivity contribution in [3.63, 3.8) is 0 Å². The van der Waals surface area contributed by atoms with Crippen LogP contribution in [-0.2, 0) is 19.7 Å². The van der Waals surface area contributed by atoms with Crippen molar-refractivity contribution in [2.75, 3.05) is 21.1 Å². The molecule has 0 saturated carbocycles. The molecule has 0 aliphatic carbocycles. The molecule has 0 aliphatic rings. The predicted molar refractivity (Wildman–Crippen MR) is 122 cm³/mol. The average Bonchev–Trinajstić information content (AvgIpc) is 2.62. The number of likely N-dealkylation sites (N-methyl/N-ethyl adjacent to an activating group) is 1. The first kappa shape index (κ1) is 30.0. The molecule has 1 N–H and O–H groups in total. The molecular weight excluding hydrogens is 418 g/mol. The third-order valence-electron chi connectivity index (χ3n) is 5.98. The van der Waals surface area contributed by atoms with Gasteiger partial charge in [-0.3, -0.25) is 9.35 Å². The number of carboxylic acids is 1. The van der Waals surface area contributed by atoms with Crippen LogP contribution in [0.4, 0.5) is 0 Å². The minimum absolute atomic E-state index is 0.221. The lowest BCUT2D eigenvalue weighted by Crippen LogP contribution is -2.73. The summed E-state index contributed by atoms with van der Waals surface area (Å²) in [5.41, 5.74) is 0. The third-order valence-corrected chi connectivity index (χ3v) is 7.67. The monoisotopic (exact) mass is 463 g/mol. The van der Waals surface area contributed by atoms with Gasteiger partial charge in [0.15, 0.2) is 0 Å². The highest BCUT2D eigenvalue weighted by atomic mass is 32.2. The molecule has 1 unspecified atom stereocenters. The number of nitrogens with zero attached hydrogens (tertiary/aromatic N) is 1. The van der Waals surface area contributed by atoms with Crippen LogP contribution in [0.2, 0.25) is 0 Å². The number of hydrogen-bond acceptors (Lipinski definition) is 5. The molecular formula is C23H45NO6S. The van der Waals surface area contributed by atoms with Gasteiger partial charge < -0.3 is 14.4 Å². The second kappa shape index (κ2) is 15.0. The van der Waals surface area contributed by atoms with Crippen LogP contribution in [-0.4, -0.2) is 55.2 Å². The Morgan fingerprint density at radius 2 is 1.06 bits per heavy atom. The zero-order valence-electron chi connectivity index (χ0n) is 20.2. The predicted octanol–water partition coefficient (Wildman–Crippen LogP) is 3.86. The molecule has 0 rings (SSSR count). The number of ketones is 1. The molecule has 0 radical (unpaired) electrons. The van der Waals surface area contributed by atoms with Gasteiger partial charge in [0.25, 0.3) is 0 Å². The average molecular weight is 464 g/mol. The highest BCUT2D eigenvalue weighted by molar-refractivity contribution is 7.88. The maximum absolute atomic E-state index is 12.6. The van der Waals surface area contributed by atoms with Crippen LogP contribution >= 0.6 is 0 Å². The highest BCUT2D eigenvalue weighted by Crippen LogP contribution is 2.28. The zero-order valence-corrected chi connectivity index (χ0v) is 21.0. The molecule has 0 aliphatic heterocycles. The number of aliphatic carboxylic acids is 1. The molecule has 0 amide bonds. The number of Topliss-reactive ketones (excluding diaryl/α,β-unsaturated/α-hetero) is 1. The van der Waals surface area contributed by atoms with E-state index in [2.05, 4.69) is 6.92 Å². The molecule has 0 fully saturated rings. The Bertz CT molecular complexity index is 626. The Labute approximate surface area is 189 Å². The van der Waals surface area contributed by atoms with Crippen LogP contribution in [0.1, 0.15) is 110 Å². The number of carbonyl (C=O) groups excluding carboxylic acids is 2. The fourth-order valence-corrected chi connectivity index (χ4v) is 5.48. The van der Waals surface area contributed by atoms with Crippen molar-refractivity contribution < 1.29 is 32.1 Å². The maximum atomic E-state index is 12.6. The summed E-state index contributed by atoms with van der Waals surface area (Å²) in [6, 6.07) is 0. The molecule has 7 nitrogen and oxygen atoms in total. The lowest BCUT2D eigenvalue weighted by molar-refractivity contribution is -0.890. The Kier molecular flexibility index (Phi) is 14.5. The summed E-state index contributed by atoms with van der Waals surface area (Å²) in [4.78, 5) is 21.2. The Morgan fingerprint density at radius 1 is 0.742 bits per heavy atom. The van der Waals surface area contributed by atoms with Crippen molar-refractivity contribution in [3.05, 3.63) is 0 Å². The molecule has 8 heteroatoms. The van der Waals surface area contributed by atoms with E-state index >= 15 is 0 Å². The van der Waals surface area contributed by atoms with E-state index in [-0.39, 0.29) is 6.42 Å². The van der Waals surface area contributed by atoms with Gasteiger partial charge >= 0.3 is 15.0 Å². The van der Waals surface area contributed by atoms with Crippen molar-refractivity contribution in [1.29, 1.82) is 0 Å². The fraction of sp³-hybridized carbons (Fsp3) is 0.913. The van der Waals surface area contributed by atoms with Gasteiger partial charge in [0.1, 0.15) is 5.97 Å². The minimum Gasteiger partial charge on any atom is -0.542 e. The largest absolute Gasteiger partial charge is 0.542 e. The summed E-state index contributed by atoms with van der Waals surface area (Å²) in [5, 5.41) is 11.6. The summed E-state index contributed by atoms with van der Waals surface area (Å²) < 4.78 is 32.4. The standard InChI is InChI=1S/C23H45NO6S/c1-5-6-7-8-9-10-11-12-13-14-15-16-17-18-19-20-21(25)23(22(26)27,24(2,3)4)31(28,29)30/h5-20H2,1-4H3,(H-,26,27,28,29,30). The van der Waals surface area contributed by atoms with E-state index in [1.165, 1.54) is 85.4 Å². The van der Waals surface area contributed by atoms with Gasteiger partial charge in [-0.25, -0.2) is 0 Å². The fourth-order valence-electron chi connectivity index (χ4n) is 4.18. The summed E-state index contributed by atoms with van der Waals surface area (Å²) in [5.74, 6) is -3.12. The van der Waals surface area contributed by atoms with Crippen molar-refractivity contribution >= 4 is 21.9 Å². The summed E-state index contributed by atoms with van der Waals surface area (Å²) in [6.45, 7) is 2.23. The lowest BCUT2D eigenvalue weighted by Gasteiger charge is -2.42. The van der Waals surface area contributed by atoms with E-state index in [0.717, 1.165) is 25.7 Å². The second-order valence-corrected chi connectivity index (χ2v) is 11.1. The Morgan fingerprint density at radius 3 is 1.32 bits per heavy atom. The molecule has 0 saturated heterocycles. The number of unbranched alkanes of at least 4 members (excludes halogenated alkanes) is 14. The van der Waals surface area contributed by atoms with Crippen LogP contribution in [0.3, 0.4) is 0 Å². The van der Waals surface area contributed by atoms with E-state index < -0.39 is 31.2 Å². The maximum Gasteiger partial charge on any atom is 0.336 e. The zero-order chi connectivity index (χ0) is 24.0. The second-order valence-electron chi connectivity index (χ2n) is 9.54. The van der Waals surface area contributed by atoms with Gasteiger partial charge in [-0.1, -0.05) is 96.8 Å². The van der Waals surface area contributed by atoms with Crippen LogP contribution in [0.15, 0.2) is 0 Å². The number of carboxylic acid groups (broad SMARTS) is 1. The quantitative estimate of drug-likeness (QED) is 0.127. The summed E-state index contributed by atoms with van der Waals surface area (Å²) in [7, 11) is -1.46. The summed E-state index contributed by atoms with van der Waals surface area (Å²) >= 11 is 0. The molecule has 184 valence electrons. The van der Waals surface area contributed by atoms with Gasteiger partial charge in [0, 0.05) is 6.42 Å². The number of rotatable bonds is 20. The van der Waals surface area contributed by atoms with Gasteiger partial charge in [-0.05, 0) is 6.42 Å². The molecule has 0 aromatic heterocycles. The molecule has 0 spiro atoms. The third kappa shape index (κ3) is 10.00. The van der Waals surface area contributed by atoms with E-state index in [1.807, 2.05) is 0 Å². The number of hydrogen-bond donors (Lipinski definition) is 1. The molecule has 1 atom stereocenters. The number of carbonyl (C=O) groups is 2. The Hall–Kier alpha value is -0.990. The lowest BCUT2D eigenvalue weighted by atomic mass is 10.0. The topological polar surface area (TPSA) is 112 Å². The van der Waals surface area contributed by atoms with Gasteiger partial charge in [-0.15, -0.1) is 0 Å². The van der Waals surface area contributed by atoms with E-state index in [0.29, 0.717) is 6.42 Å². The van der Waals surface area contributed by atoms with Crippen molar-refractivity contribution in [2.45, 2.75) is 115 Å². The van der Waals surface area contributed by atoms with E-state index in [9.17, 15) is 27.7 Å². The normalized spacial score (nSPS) is 14.4. The minimum atomic E-state index is -5.19. The highest BCUT2D eigenvalue weighted by Gasteiger charge is 2.62. The molecule has 0 bridgehead atoms. The van der Waals surface area contributed by atoms with Crippen LogP contribution in [0.25, 0.3) is 0 Å². The van der Waals surface area contributed by atoms with Gasteiger partial charge in [-0.2, -0.15) is 8.42 Å². The Balaban J connectivity index is 4.05. The molecule has 31 heavy (non-hydrogen) atoms. The van der Waals surface area contributed by atoms with Crippen LogP contribution in [0.5, 0.6) is 0 Å². The smallest absolute Gasteiger partial charge is 0.336 e. The first-order valence-corrected chi connectivity index (χ1v) is 13.4. The SMILES string of the molecule is CCCCCCCCCCCCCCCCCC(=O)C(C(=O)[O-])([N+](C)(C)C)S(=O)(=O)O. The molecule has 0 heterocycles. The van der Waals surface area contributed by atoms with E-state index in [1.54, 1.807) is 0 Å². The molecule has 0 aromatic carbocycles. The van der Waals surface area contributed by atoms with Gasteiger partial charge in [0.2, 0.25) is 5.78 Å². The van der Waals surface area contributed by atoms with E-state index in [4.69, 9.17) is 0 Å². The van der Waals surface area contributed by atoms with Gasteiger partial charge in [0.05, 0.1) is 21.1 Å². The first-order valence-electron chi connectivity index (χ1n) is 12.0. The number of quaternary nitrogens is 1.